The summed E-state index contributed by atoms with van der Waals surface area (Å²) in [4.78, 5) is 24.4. The highest BCUT2D eigenvalue weighted by molar-refractivity contribution is 6.03. The van der Waals surface area contributed by atoms with Crippen molar-refractivity contribution in [1.82, 2.24) is 9.78 Å². The van der Waals surface area contributed by atoms with Gasteiger partial charge in [0.25, 0.3) is 0 Å². The summed E-state index contributed by atoms with van der Waals surface area (Å²) in [6.07, 6.45) is 4.96. The second-order valence-electron chi connectivity index (χ2n) is 7.68. The van der Waals surface area contributed by atoms with E-state index in [9.17, 15) is 9.59 Å². The molecular weight excluding hydrogens is 458 g/mol. The average Bonchev–Trinajstić information content (AvgIpc) is 3.36. The van der Waals surface area contributed by atoms with Crippen molar-refractivity contribution in [2.75, 3.05) is 26.6 Å². The SMILES string of the molecule is COC(=O)c1cccc(NC(=O)/C=C/c2cn(-c3ccccc3)nc2-c2ccc(OC)c(OC)c2)c1. The molecule has 0 saturated carbocycles. The molecule has 0 unspecified atom stereocenters. The van der Waals surface area contributed by atoms with Crippen molar-refractivity contribution in [1.29, 1.82) is 0 Å². The number of esters is 1. The highest BCUT2D eigenvalue weighted by Gasteiger charge is 2.14. The lowest BCUT2D eigenvalue weighted by Gasteiger charge is -2.09. The number of amides is 1. The van der Waals surface area contributed by atoms with Gasteiger partial charge < -0.3 is 19.5 Å². The van der Waals surface area contributed by atoms with E-state index in [0.29, 0.717) is 28.4 Å². The normalized spacial score (nSPS) is 10.8. The van der Waals surface area contributed by atoms with Gasteiger partial charge in [-0.25, -0.2) is 9.48 Å². The Morgan fingerprint density at radius 1 is 0.889 bits per heavy atom. The van der Waals surface area contributed by atoms with Crippen LogP contribution in [0.25, 0.3) is 23.0 Å². The zero-order valence-corrected chi connectivity index (χ0v) is 20.1. The lowest BCUT2D eigenvalue weighted by atomic mass is 10.1. The van der Waals surface area contributed by atoms with E-state index in [1.54, 1.807) is 49.2 Å². The van der Waals surface area contributed by atoms with Gasteiger partial charge in [-0.3, -0.25) is 4.79 Å². The first kappa shape index (κ1) is 24.3. The Bertz CT molecular complexity index is 1410. The average molecular weight is 484 g/mol. The minimum Gasteiger partial charge on any atom is -0.493 e. The van der Waals surface area contributed by atoms with E-state index in [0.717, 1.165) is 16.8 Å². The van der Waals surface area contributed by atoms with E-state index in [2.05, 4.69) is 5.32 Å². The van der Waals surface area contributed by atoms with Crippen molar-refractivity contribution in [2.24, 2.45) is 0 Å². The van der Waals surface area contributed by atoms with Crippen LogP contribution in [0, 0.1) is 0 Å². The number of para-hydroxylation sites is 1. The Kier molecular flexibility index (Phi) is 7.45. The van der Waals surface area contributed by atoms with Crippen LogP contribution in [0.2, 0.25) is 0 Å². The molecule has 4 rings (SSSR count). The Labute approximate surface area is 208 Å². The third-order valence-electron chi connectivity index (χ3n) is 5.39. The number of nitrogens with one attached hydrogen (secondary N) is 1. The molecule has 0 aliphatic heterocycles. The zero-order valence-electron chi connectivity index (χ0n) is 20.1. The van der Waals surface area contributed by atoms with Crippen molar-refractivity contribution in [3.63, 3.8) is 0 Å². The Morgan fingerprint density at radius 2 is 1.67 bits per heavy atom. The van der Waals surface area contributed by atoms with Crippen LogP contribution < -0.4 is 14.8 Å². The Morgan fingerprint density at radius 3 is 2.39 bits per heavy atom. The van der Waals surface area contributed by atoms with Crippen molar-refractivity contribution >= 4 is 23.6 Å². The number of nitrogens with zero attached hydrogens (tertiary/aromatic N) is 2. The molecule has 0 saturated heterocycles. The minimum atomic E-state index is -0.477. The van der Waals surface area contributed by atoms with E-state index in [-0.39, 0.29) is 5.91 Å². The molecule has 8 nitrogen and oxygen atoms in total. The molecule has 8 heteroatoms. The number of rotatable bonds is 8. The number of carbonyl (C=O) groups is 2. The molecule has 1 amide bonds. The monoisotopic (exact) mass is 483 g/mol. The van der Waals surface area contributed by atoms with Gasteiger partial charge in [0.2, 0.25) is 5.91 Å². The highest BCUT2D eigenvalue weighted by atomic mass is 16.5. The van der Waals surface area contributed by atoms with Gasteiger partial charge in [-0.15, -0.1) is 0 Å². The van der Waals surface area contributed by atoms with E-state index >= 15 is 0 Å². The van der Waals surface area contributed by atoms with Crippen LogP contribution in [0.15, 0.2) is 85.1 Å². The molecule has 0 radical (unpaired) electrons. The molecule has 0 fully saturated rings. The predicted molar refractivity (Wildman–Crippen MR) is 138 cm³/mol. The van der Waals surface area contributed by atoms with Crippen molar-refractivity contribution in [2.45, 2.75) is 0 Å². The van der Waals surface area contributed by atoms with Crippen LogP contribution in [-0.4, -0.2) is 43.0 Å². The number of benzene rings is 3. The molecule has 0 aliphatic carbocycles. The van der Waals surface area contributed by atoms with E-state index in [4.69, 9.17) is 19.3 Å². The number of aromatic nitrogens is 2. The lowest BCUT2D eigenvalue weighted by molar-refractivity contribution is -0.111. The molecule has 0 aliphatic rings. The third kappa shape index (κ3) is 5.44. The van der Waals surface area contributed by atoms with Crippen LogP contribution >= 0.6 is 0 Å². The maximum Gasteiger partial charge on any atom is 0.337 e. The van der Waals surface area contributed by atoms with Crippen LogP contribution in [-0.2, 0) is 9.53 Å². The quantitative estimate of drug-likeness (QED) is 0.280. The summed E-state index contributed by atoms with van der Waals surface area (Å²) in [6.45, 7) is 0. The fraction of sp³-hybridized carbons (Fsp3) is 0.107. The largest absolute Gasteiger partial charge is 0.493 e. The fourth-order valence-corrected chi connectivity index (χ4v) is 3.62. The summed E-state index contributed by atoms with van der Waals surface area (Å²) in [6, 6.07) is 21.8. The van der Waals surface area contributed by atoms with Crippen LogP contribution in [0.5, 0.6) is 11.5 Å². The molecular formula is C28H25N3O5. The van der Waals surface area contributed by atoms with Gasteiger partial charge in [-0.1, -0.05) is 24.3 Å². The van der Waals surface area contributed by atoms with E-state index in [1.165, 1.54) is 13.2 Å². The number of ether oxygens (including phenoxy) is 3. The summed E-state index contributed by atoms with van der Waals surface area (Å²) in [5, 5.41) is 7.54. The minimum absolute atomic E-state index is 0.346. The molecule has 182 valence electrons. The van der Waals surface area contributed by atoms with Crippen LogP contribution in [0.3, 0.4) is 0 Å². The van der Waals surface area contributed by atoms with Gasteiger partial charge in [0, 0.05) is 29.1 Å². The summed E-state index contributed by atoms with van der Waals surface area (Å²) in [7, 11) is 4.46. The Hall–Kier alpha value is -4.85. The first-order valence-electron chi connectivity index (χ1n) is 11.1. The number of hydrogen-bond donors (Lipinski definition) is 1. The predicted octanol–water partition coefficient (Wildman–Crippen LogP) is 5.00. The number of carbonyl (C=O) groups excluding carboxylic acids is 2. The topological polar surface area (TPSA) is 91.7 Å². The van der Waals surface area contributed by atoms with Gasteiger partial charge >= 0.3 is 5.97 Å². The molecule has 1 heterocycles. The van der Waals surface area contributed by atoms with Crippen molar-refractivity contribution in [3.05, 3.63) is 96.2 Å². The van der Waals surface area contributed by atoms with E-state index < -0.39 is 5.97 Å². The maximum atomic E-state index is 12.7. The highest BCUT2D eigenvalue weighted by Crippen LogP contribution is 2.33. The van der Waals surface area contributed by atoms with Crippen molar-refractivity contribution in [3.8, 4) is 28.4 Å². The molecule has 1 aromatic heterocycles. The van der Waals surface area contributed by atoms with Crippen LogP contribution in [0.1, 0.15) is 15.9 Å². The fourth-order valence-electron chi connectivity index (χ4n) is 3.62. The van der Waals surface area contributed by atoms with Gasteiger partial charge in [-0.05, 0) is 54.6 Å². The molecule has 36 heavy (non-hydrogen) atoms. The Balaban J connectivity index is 1.66. The third-order valence-corrected chi connectivity index (χ3v) is 5.39. The van der Waals surface area contributed by atoms with Gasteiger partial charge in [0.1, 0.15) is 5.69 Å². The molecule has 0 atom stereocenters. The maximum absolute atomic E-state index is 12.7. The first-order valence-corrected chi connectivity index (χ1v) is 11.1. The number of methoxy groups -OCH3 is 3. The van der Waals surface area contributed by atoms with Crippen molar-refractivity contribution < 1.29 is 23.8 Å². The van der Waals surface area contributed by atoms with Crippen LogP contribution in [0.4, 0.5) is 5.69 Å². The summed E-state index contributed by atoms with van der Waals surface area (Å²) in [5.74, 6) is 0.342. The molecule has 0 bridgehead atoms. The van der Waals surface area contributed by atoms with Gasteiger partial charge in [0.15, 0.2) is 11.5 Å². The number of anilines is 1. The number of hydrogen-bond acceptors (Lipinski definition) is 6. The summed E-state index contributed by atoms with van der Waals surface area (Å²) in [5.41, 5.74) is 3.89. The molecule has 1 N–H and O–H groups in total. The molecule has 0 spiro atoms. The molecule has 3 aromatic carbocycles. The lowest BCUT2D eigenvalue weighted by Crippen LogP contribution is -2.09. The second-order valence-corrected chi connectivity index (χ2v) is 7.68. The smallest absolute Gasteiger partial charge is 0.337 e. The summed E-state index contributed by atoms with van der Waals surface area (Å²) >= 11 is 0. The van der Waals surface area contributed by atoms with Gasteiger partial charge in [0.05, 0.1) is 32.6 Å². The molecule has 4 aromatic rings. The standard InChI is InChI=1S/C28H25N3O5/c1-34-24-14-12-19(17-25(24)35-2)27-21(18-31(30-27)23-10-5-4-6-11-23)13-15-26(32)29-22-9-7-8-20(16-22)28(33)36-3/h4-18H,1-3H3,(H,29,32)/b15-13+. The summed E-state index contributed by atoms with van der Waals surface area (Å²) < 4.78 is 17.3. The second kappa shape index (κ2) is 11.1. The zero-order chi connectivity index (χ0) is 25.5. The van der Waals surface area contributed by atoms with E-state index in [1.807, 2.05) is 54.7 Å². The first-order chi connectivity index (χ1) is 17.5. The van der Waals surface area contributed by atoms with Gasteiger partial charge in [-0.2, -0.15) is 5.10 Å².